The summed E-state index contributed by atoms with van der Waals surface area (Å²) in [6.45, 7) is 2.18. The van der Waals surface area contributed by atoms with Crippen LogP contribution in [0.25, 0.3) is 0 Å². The van der Waals surface area contributed by atoms with Crippen molar-refractivity contribution in [2.45, 2.75) is 30.7 Å². The fourth-order valence-corrected chi connectivity index (χ4v) is 6.15. The highest BCUT2D eigenvalue weighted by Gasteiger charge is 2.29. The van der Waals surface area contributed by atoms with Gasteiger partial charge in [0.1, 0.15) is 0 Å². The van der Waals surface area contributed by atoms with Crippen LogP contribution in [0.4, 0.5) is 0 Å². The van der Waals surface area contributed by atoms with E-state index in [1.807, 2.05) is 30.3 Å². The van der Waals surface area contributed by atoms with Gasteiger partial charge in [-0.3, -0.25) is 14.7 Å². The van der Waals surface area contributed by atoms with Crippen LogP contribution in [0.5, 0.6) is 0 Å². The van der Waals surface area contributed by atoms with Crippen molar-refractivity contribution in [1.29, 1.82) is 0 Å². The third kappa shape index (κ3) is 4.61. The van der Waals surface area contributed by atoms with Gasteiger partial charge in [0.25, 0.3) is 5.91 Å². The number of aliphatic imine (C=N–C) groups is 1. The Morgan fingerprint density at radius 1 is 0.967 bits per heavy atom. The molecule has 0 radical (unpaired) electrons. The van der Waals surface area contributed by atoms with E-state index in [2.05, 4.69) is 4.99 Å². The molecule has 0 aromatic heterocycles. The minimum atomic E-state index is -3.56. The lowest BCUT2D eigenvalue weighted by Gasteiger charge is -2.28. The largest absolute Gasteiger partial charge is 0.287 e. The van der Waals surface area contributed by atoms with Gasteiger partial charge in [0.05, 0.1) is 11.4 Å². The van der Waals surface area contributed by atoms with Gasteiger partial charge in [-0.25, -0.2) is 8.42 Å². The Kier molecular flexibility index (Phi) is 6.55. The molecule has 2 aromatic carbocycles. The number of amidine groups is 1. The summed E-state index contributed by atoms with van der Waals surface area (Å²) >= 11 is 1.57. The molecule has 0 unspecified atom stereocenters. The van der Waals surface area contributed by atoms with E-state index < -0.39 is 10.0 Å². The highest BCUT2D eigenvalue weighted by molar-refractivity contribution is 8.13. The third-order valence-electron chi connectivity index (χ3n) is 5.26. The number of carbonyl (C=O) groups excluding carboxylic acids is 1. The normalized spacial score (nSPS) is 19.3. The van der Waals surface area contributed by atoms with Crippen LogP contribution in [0.1, 0.15) is 35.2 Å². The maximum Gasteiger partial charge on any atom is 0.259 e. The fourth-order valence-electron chi connectivity index (χ4n) is 3.64. The molecule has 2 fully saturated rings. The lowest BCUT2D eigenvalue weighted by Crippen LogP contribution is -2.39. The molecular formula is C22H25N3O3S2. The summed E-state index contributed by atoms with van der Waals surface area (Å²) in [5.74, 6) is 0.716. The van der Waals surface area contributed by atoms with Crippen LogP contribution >= 0.6 is 11.8 Å². The van der Waals surface area contributed by atoms with Crippen LogP contribution in [0.2, 0.25) is 0 Å². The summed E-state index contributed by atoms with van der Waals surface area (Å²) in [6, 6.07) is 16.3. The second-order valence-corrected chi connectivity index (χ2v) is 10.4. The molecule has 6 nitrogen and oxygen atoms in total. The highest BCUT2D eigenvalue weighted by Crippen LogP contribution is 2.24. The minimum Gasteiger partial charge on any atom is -0.287 e. The van der Waals surface area contributed by atoms with E-state index in [0.717, 1.165) is 30.6 Å². The molecule has 0 aliphatic carbocycles. The Labute approximate surface area is 182 Å². The van der Waals surface area contributed by atoms with E-state index in [-0.39, 0.29) is 10.8 Å². The monoisotopic (exact) mass is 443 g/mol. The molecule has 0 N–H and O–H groups in total. The standard InChI is InChI=1S/C22H25N3O3S2/c26-21(19-10-6-11-20(16-19)30(27,28)24-12-4-5-13-24)25-14-7-15-29-22(25)23-17-18-8-2-1-3-9-18/h1-3,6,8-11,16H,4-5,7,12-15,17H2. The Hall–Kier alpha value is -2.16. The van der Waals surface area contributed by atoms with E-state index in [0.29, 0.717) is 36.9 Å². The van der Waals surface area contributed by atoms with Crippen molar-refractivity contribution < 1.29 is 13.2 Å². The lowest BCUT2D eigenvalue weighted by molar-refractivity contribution is 0.0848. The summed E-state index contributed by atoms with van der Waals surface area (Å²) in [5, 5.41) is 0.697. The number of hydrogen-bond acceptors (Lipinski definition) is 5. The predicted octanol–water partition coefficient (Wildman–Crippen LogP) is 3.61. The maximum absolute atomic E-state index is 13.2. The summed E-state index contributed by atoms with van der Waals surface area (Å²) in [4.78, 5) is 19.8. The number of rotatable bonds is 5. The van der Waals surface area contributed by atoms with Crippen LogP contribution < -0.4 is 0 Å². The van der Waals surface area contributed by atoms with E-state index in [4.69, 9.17) is 0 Å². The van der Waals surface area contributed by atoms with Crippen LogP contribution in [-0.4, -0.2) is 54.1 Å². The van der Waals surface area contributed by atoms with Crippen molar-refractivity contribution in [2.24, 2.45) is 4.99 Å². The van der Waals surface area contributed by atoms with Gasteiger partial charge in [-0.2, -0.15) is 4.31 Å². The molecule has 2 saturated heterocycles. The number of carbonyl (C=O) groups is 1. The number of amides is 1. The topological polar surface area (TPSA) is 70.1 Å². The molecule has 0 atom stereocenters. The van der Waals surface area contributed by atoms with E-state index in [1.165, 1.54) is 10.4 Å². The van der Waals surface area contributed by atoms with E-state index in [9.17, 15) is 13.2 Å². The Morgan fingerprint density at radius 3 is 2.50 bits per heavy atom. The zero-order valence-corrected chi connectivity index (χ0v) is 18.4. The zero-order valence-electron chi connectivity index (χ0n) is 16.7. The van der Waals surface area contributed by atoms with Gasteiger partial charge >= 0.3 is 0 Å². The van der Waals surface area contributed by atoms with Gasteiger partial charge in [-0.1, -0.05) is 48.2 Å². The van der Waals surface area contributed by atoms with Gasteiger partial charge in [0.2, 0.25) is 10.0 Å². The van der Waals surface area contributed by atoms with Crippen molar-refractivity contribution in [2.75, 3.05) is 25.4 Å². The summed E-state index contributed by atoms with van der Waals surface area (Å²) in [5.41, 5.74) is 1.47. The Balaban J connectivity index is 1.56. The van der Waals surface area contributed by atoms with Gasteiger partial charge in [-0.05, 0) is 43.0 Å². The maximum atomic E-state index is 13.2. The number of nitrogens with zero attached hydrogens (tertiary/aromatic N) is 3. The highest BCUT2D eigenvalue weighted by atomic mass is 32.2. The number of hydrogen-bond donors (Lipinski definition) is 0. The van der Waals surface area contributed by atoms with E-state index >= 15 is 0 Å². The first-order valence-electron chi connectivity index (χ1n) is 10.2. The van der Waals surface area contributed by atoms with Crippen molar-refractivity contribution in [1.82, 2.24) is 9.21 Å². The summed E-state index contributed by atoms with van der Waals surface area (Å²) in [6.07, 6.45) is 2.64. The van der Waals surface area contributed by atoms with Gasteiger partial charge in [0, 0.05) is 31.0 Å². The molecule has 1 amide bonds. The molecule has 0 spiro atoms. The fraction of sp³-hybridized carbons (Fsp3) is 0.364. The molecule has 30 heavy (non-hydrogen) atoms. The number of sulfonamides is 1. The van der Waals surface area contributed by atoms with Crippen molar-refractivity contribution in [3.05, 3.63) is 65.7 Å². The second-order valence-electron chi connectivity index (χ2n) is 7.38. The predicted molar refractivity (Wildman–Crippen MR) is 120 cm³/mol. The van der Waals surface area contributed by atoms with Gasteiger partial charge in [0.15, 0.2) is 5.17 Å². The Morgan fingerprint density at radius 2 is 1.73 bits per heavy atom. The smallest absolute Gasteiger partial charge is 0.259 e. The molecule has 0 bridgehead atoms. The third-order valence-corrected chi connectivity index (χ3v) is 8.25. The van der Waals surface area contributed by atoms with Crippen LogP contribution in [0, 0.1) is 0 Å². The molecule has 2 heterocycles. The van der Waals surface area contributed by atoms with Gasteiger partial charge < -0.3 is 0 Å². The molecule has 0 saturated carbocycles. The average Bonchev–Trinajstić information content (AvgIpc) is 3.34. The van der Waals surface area contributed by atoms with E-state index in [1.54, 1.807) is 34.9 Å². The average molecular weight is 444 g/mol. The molecule has 158 valence electrons. The minimum absolute atomic E-state index is 0.183. The second kappa shape index (κ2) is 9.32. The van der Waals surface area contributed by atoms with Crippen molar-refractivity contribution >= 4 is 32.9 Å². The molecule has 2 aromatic rings. The van der Waals surface area contributed by atoms with Crippen LogP contribution in [-0.2, 0) is 16.6 Å². The SMILES string of the molecule is O=C(c1cccc(S(=O)(=O)N2CCCC2)c1)N1CCCSC1=NCc1ccccc1. The summed E-state index contributed by atoms with van der Waals surface area (Å²) in [7, 11) is -3.56. The zero-order chi connectivity index (χ0) is 21.0. The lowest BCUT2D eigenvalue weighted by atomic mass is 10.2. The number of benzene rings is 2. The first kappa shape index (κ1) is 21.1. The van der Waals surface area contributed by atoms with Crippen molar-refractivity contribution in [3.8, 4) is 0 Å². The number of thioether (sulfide) groups is 1. The van der Waals surface area contributed by atoms with Crippen LogP contribution in [0.15, 0.2) is 64.5 Å². The first-order chi connectivity index (χ1) is 14.6. The molecular weight excluding hydrogens is 418 g/mol. The first-order valence-corrected chi connectivity index (χ1v) is 12.6. The molecule has 2 aliphatic heterocycles. The Bertz CT molecular complexity index is 1030. The molecule has 2 aliphatic rings. The van der Waals surface area contributed by atoms with Crippen LogP contribution in [0.3, 0.4) is 0 Å². The van der Waals surface area contributed by atoms with Crippen molar-refractivity contribution in [3.63, 3.8) is 0 Å². The summed E-state index contributed by atoms with van der Waals surface area (Å²) < 4.78 is 27.3. The quantitative estimate of drug-likeness (QED) is 0.708. The molecule has 8 heteroatoms. The van der Waals surface area contributed by atoms with Gasteiger partial charge in [-0.15, -0.1) is 0 Å². The molecule has 4 rings (SSSR count).